The van der Waals surface area contributed by atoms with Crippen LogP contribution in [-0.4, -0.2) is 37.1 Å². The average molecular weight is 413 g/mol. The Morgan fingerprint density at radius 2 is 2.11 bits per heavy atom. The minimum atomic E-state index is -0.233. The second kappa shape index (κ2) is 7.89. The summed E-state index contributed by atoms with van der Waals surface area (Å²) < 4.78 is 2.04. The van der Waals surface area contributed by atoms with E-state index in [1.54, 1.807) is 35.4 Å². The SMILES string of the molecule is C=CCNc1nc2ccccn2c(=O)c1/C=C1/SC(=S)N(C2CCCC2)C1=O. The smallest absolute Gasteiger partial charge is 0.267 e. The molecule has 0 aromatic carbocycles. The molecule has 6 nitrogen and oxygen atoms in total. The minimum absolute atomic E-state index is 0.117. The van der Waals surface area contributed by atoms with Crippen LogP contribution in [0.15, 0.2) is 46.8 Å². The zero-order valence-corrected chi connectivity index (χ0v) is 16.9. The fraction of sp³-hybridized carbons (Fsp3) is 0.300. The summed E-state index contributed by atoms with van der Waals surface area (Å²) in [4.78, 5) is 32.8. The standard InChI is InChI=1S/C20H20N4O2S2/c1-2-10-21-17-14(18(25)23-11-6-5-9-16(23)22-17)12-15-19(26)24(20(27)28-15)13-7-3-4-8-13/h2,5-6,9,11-13,21H,1,3-4,7-8,10H2/b15-12+. The Hall–Kier alpha value is -2.45. The van der Waals surface area contributed by atoms with E-state index in [0.717, 1.165) is 25.7 Å². The molecule has 0 unspecified atom stereocenters. The molecule has 0 spiro atoms. The molecule has 1 aliphatic carbocycles. The number of carbonyl (C=O) groups excluding carboxylic acids is 1. The van der Waals surface area contributed by atoms with Crippen LogP contribution < -0.4 is 10.9 Å². The van der Waals surface area contributed by atoms with Crippen LogP contribution in [0.3, 0.4) is 0 Å². The topological polar surface area (TPSA) is 66.7 Å². The first kappa shape index (κ1) is 18.9. The second-order valence-corrected chi connectivity index (χ2v) is 8.44. The number of pyridine rings is 1. The summed E-state index contributed by atoms with van der Waals surface area (Å²) >= 11 is 6.71. The number of nitrogens with zero attached hydrogens (tertiary/aromatic N) is 3. The van der Waals surface area contributed by atoms with Crippen molar-refractivity contribution in [1.82, 2.24) is 14.3 Å². The van der Waals surface area contributed by atoms with E-state index in [0.29, 0.717) is 32.8 Å². The molecule has 2 fully saturated rings. The molecule has 1 aliphatic heterocycles. The van der Waals surface area contributed by atoms with E-state index in [-0.39, 0.29) is 17.5 Å². The number of thiocarbonyl (C=S) groups is 1. The van der Waals surface area contributed by atoms with Crippen LogP contribution >= 0.6 is 24.0 Å². The predicted octanol–water partition coefficient (Wildman–Crippen LogP) is 3.44. The van der Waals surface area contributed by atoms with Crippen LogP contribution in [0, 0.1) is 0 Å². The summed E-state index contributed by atoms with van der Waals surface area (Å²) in [6.45, 7) is 4.16. The molecule has 3 heterocycles. The lowest BCUT2D eigenvalue weighted by molar-refractivity contribution is -0.123. The van der Waals surface area contributed by atoms with Crippen LogP contribution in [0.25, 0.3) is 11.7 Å². The Bertz CT molecular complexity index is 1050. The zero-order chi connectivity index (χ0) is 19.7. The molecule has 1 amide bonds. The normalized spacial score (nSPS) is 19.1. The lowest BCUT2D eigenvalue weighted by Crippen LogP contribution is -2.36. The number of fused-ring (bicyclic) bond motifs is 1. The number of hydrogen-bond acceptors (Lipinski definition) is 6. The molecule has 2 aromatic heterocycles. The van der Waals surface area contributed by atoms with Gasteiger partial charge in [0.15, 0.2) is 0 Å². The van der Waals surface area contributed by atoms with Crippen molar-refractivity contribution in [2.75, 3.05) is 11.9 Å². The molecular formula is C20H20N4O2S2. The van der Waals surface area contributed by atoms with Crippen LogP contribution in [0.1, 0.15) is 31.2 Å². The highest BCUT2D eigenvalue weighted by atomic mass is 32.2. The van der Waals surface area contributed by atoms with E-state index in [9.17, 15) is 9.59 Å². The van der Waals surface area contributed by atoms with Crippen LogP contribution in [0.4, 0.5) is 5.82 Å². The van der Waals surface area contributed by atoms with Gasteiger partial charge in [-0.05, 0) is 31.1 Å². The maximum atomic E-state index is 13.1. The fourth-order valence-electron chi connectivity index (χ4n) is 3.62. The quantitative estimate of drug-likeness (QED) is 0.461. The van der Waals surface area contributed by atoms with Crippen molar-refractivity contribution >= 4 is 51.7 Å². The molecule has 2 aromatic rings. The van der Waals surface area contributed by atoms with Gasteiger partial charge < -0.3 is 5.32 Å². The lowest BCUT2D eigenvalue weighted by Gasteiger charge is -2.21. The Balaban J connectivity index is 1.78. The molecule has 0 atom stereocenters. The highest BCUT2D eigenvalue weighted by Gasteiger charge is 2.38. The summed E-state index contributed by atoms with van der Waals surface area (Å²) in [7, 11) is 0. The number of carbonyl (C=O) groups is 1. The predicted molar refractivity (Wildman–Crippen MR) is 117 cm³/mol. The van der Waals surface area contributed by atoms with Gasteiger partial charge in [0.2, 0.25) is 0 Å². The monoisotopic (exact) mass is 412 g/mol. The fourth-order valence-corrected chi connectivity index (χ4v) is 5.01. The van der Waals surface area contributed by atoms with Gasteiger partial charge in [0, 0.05) is 18.8 Å². The summed E-state index contributed by atoms with van der Waals surface area (Å²) in [6.07, 6.45) is 9.17. The Kier molecular flexibility index (Phi) is 5.32. The first-order chi connectivity index (χ1) is 13.6. The van der Waals surface area contributed by atoms with Crippen molar-refractivity contribution in [2.45, 2.75) is 31.7 Å². The summed E-state index contributed by atoms with van der Waals surface area (Å²) in [6, 6.07) is 5.54. The Morgan fingerprint density at radius 1 is 1.32 bits per heavy atom. The molecule has 1 N–H and O–H groups in total. The molecular weight excluding hydrogens is 392 g/mol. The zero-order valence-electron chi connectivity index (χ0n) is 15.3. The van der Waals surface area contributed by atoms with E-state index in [4.69, 9.17) is 12.2 Å². The van der Waals surface area contributed by atoms with E-state index in [2.05, 4.69) is 16.9 Å². The van der Waals surface area contributed by atoms with Crippen LogP contribution in [0.5, 0.6) is 0 Å². The Morgan fingerprint density at radius 3 is 2.86 bits per heavy atom. The van der Waals surface area contributed by atoms with E-state index in [1.165, 1.54) is 16.2 Å². The van der Waals surface area contributed by atoms with Gasteiger partial charge in [-0.2, -0.15) is 0 Å². The van der Waals surface area contributed by atoms with Crippen LogP contribution in [-0.2, 0) is 4.79 Å². The first-order valence-electron chi connectivity index (χ1n) is 9.23. The summed E-state index contributed by atoms with van der Waals surface area (Å²) in [5.74, 6) is 0.316. The lowest BCUT2D eigenvalue weighted by atomic mass is 10.2. The third-order valence-corrected chi connectivity index (χ3v) is 6.30. The number of hydrogen-bond donors (Lipinski definition) is 1. The highest BCUT2D eigenvalue weighted by molar-refractivity contribution is 8.26. The second-order valence-electron chi connectivity index (χ2n) is 6.77. The molecule has 1 saturated carbocycles. The van der Waals surface area contributed by atoms with E-state index in [1.807, 2.05) is 6.07 Å². The Labute approximate surface area is 172 Å². The van der Waals surface area contributed by atoms with E-state index < -0.39 is 0 Å². The van der Waals surface area contributed by atoms with Crippen molar-refractivity contribution in [3.8, 4) is 0 Å². The van der Waals surface area contributed by atoms with Crippen molar-refractivity contribution in [3.05, 3.63) is 57.9 Å². The number of anilines is 1. The van der Waals surface area contributed by atoms with Crippen molar-refractivity contribution in [3.63, 3.8) is 0 Å². The van der Waals surface area contributed by atoms with Gasteiger partial charge in [-0.25, -0.2) is 4.98 Å². The minimum Gasteiger partial charge on any atom is -0.366 e. The summed E-state index contributed by atoms with van der Waals surface area (Å²) in [5.41, 5.74) is 0.649. The number of aromatic nitrogens is 2. The van der Waals surface area contributed by atoms with Gasteiger partial charge in [0.1, 0.15) is 15.8 Å². The third-order valence-electron chi connectivity index (χ3n) is 4.97. The van der Waals surface area contributed by atoms with Gasteiger partial charge in [-0.3, -0.25) is 18.9 Å². The number of amides is 1. The molecule has 2 aliphatic rings. The van der Waals surface area contributed by atoms with Crippen molar-refractivity contribution < 1.29 is 4.79 Å². The maximum absolute atomic E-state index is 13.1. The number of rotatable bonds is 5. The van der Waals surface area contributed by atoms with Gasteiger partial charge in [-0.15, -0.1) is 6.58 Å². The molecule has 144 valence electrons. The number of nitrogens with one attached hydrogen (secondary N) is 1. The first-order valence-corrected chi connectivity index (χ1v) is 10.5. The maximum Gasteiger partial charge on any atom is 0.267 e. The largest absolute Gasteiger partial charge is 0.366 e. The number of thioether (sulfide) groups is 1. The highest BCUT2D eigenvalue weighted by Crippen LogP contribution is 2.38. The molecule has 1 saturated heterocycles. The van der Waals surface area contributed by atoms with Gasteiger partial charge in [0.25, 0.3) is 11.5 Å². The molecule has 0 radical (unpaired) electrons. The average Bonchev–Trinajstić information content (AvgIpc) is 3.30. The van der Waals surface area contributed by atoms with Crippen LogP contribution in [0.2, 0.25) is 0 Å². The van der Waals surface area contributed by atoms with Gasteiger partial charge >= 0.3 is 0 Å². The van der Waals surface area contributed by atoms with Gasteiger partial charge in [0.05, 0.1) is 10.5 Å². The third kappa shape index (κ3) is 3.38. The van der Waals surface area contributed by atoms with Crippen molar-refractivity contribution in [1.29, 1.82) is 0 Å². The molecule has 0 bridgehead atoms. The molecule has 8 heteroatoms. The van der Waals surface area contributed by atoms with Crippen molar-refractivity contribution in [2.24, 2.45) is 0 Å². The summed E-state index contributed by atoms with van der Waals surface area (Å²) in [5, 5.41) is 3.11. The van der Waals surface area contributed by atoms with Gasteiger partial charge in [-0.1, -0.05) is 49.0 Å². The molecule has 28 heavy (non-hydrogen) atoms. The molecule has 4 rings (SSSR count). The van der Waals surface area contributed by atoms with E-state index >= 15 is 0 Å².